The monoisotopic (exact) mass is 401 g/mol. The number of carboxylic acids is 1. The minimum atomic E-state index is -3.42. The second-order valence-corrected chi connectivity index (χ2v) is 10.0. The Balaban J connectivity index is 1.91. The maximum Gasteiger partial charge on any atom is 0.304 e. The van der Waals surface area contributed by atoms with Gasteiger partial charge in [0.05, 0.1) is 18.2 Å². The molecule has 1 fully saturated rings. The van der Waals surface area contributed by atoms with Gasteiger partial charge in [0.25, 0.3) is 0 Å². The van der Waals surface area contributed by atoms with E-state index in [-0.39, 0.29) is 30.6 Å². The van der Waals surface area contributed by atoms with Crippen molar-refractivity contribution < 1.29 is 22.8 Å². The van der Waals surface area contributed by atoms with Crippen LogP contribution in [-0.2, 0) is 21.4 Å². The molecule has 154 valence electrons. The number of hydrogen-bond donors (Lipinski definition) is 2. The van der Waals surface area contributed by atoms with Crippen molar-refractivity contribution in [3.8, 4) is 0 Å². The van der Waals surface area contributed by atoms with Crippen molar-refractivity contribution in [2.45, 2.75) is 89.3 Å². The number of nitrogens with zero attached hydrogens (tertiary/aromatic N) is 2. The summed E-state index contributed by atoms with van der Waals surface area (Å²) in [5.74, 6) is -0.00317. The highest BCUT2D eigenvalue weighted by atomic mass is 32.2. The highest BCUT2D eigenvalue weighted by molar-refractivity contribution is 7.90. The van der Waals surface area contributed by atoms with Gasteiger partial charge in [-0.3, -0.25) is 4.79 Å². The molecule has 1 atom stereocenters. The zero-order chi connectivity index (χ0) is 19.9. The van der Waals surface area contributed by atoms with Crippen LogP contribution >= 0.6 is 0 Å². The summed E-state index contributed by atoms with van der Waals surface area (Å²) < 4.78 is 31.3. The summed E-state index contributed by atoms with van der Waals surface area (Å²) >= 11 is 0. The number of carboxylic acid groups (broad SMARTS) is 1. The van der Waals surface area contributed by atoms with Gasteiger partial charge in [0.2, 0.25) is 15.9 Å². The first kappa shape index (κ1) is 21.8. The Hall–Kier alpha value is -1.48. The van der Waals surface area contributed by atoms with E-state index in [4.69, 9.17) is 4.52 Å². The molecule has 1 aromatic rings. The zero-order valence-electron chi connectivity index (χ0n) is 16.2. The molecule has 1 aromatic heterocycles. The number of carbonyl (C=O) groups is 1. The molecule has 0 amide bonds. The lowest BCUT2D eigenvalue weighted by molar-refractivity contribution is -0.137. The van der Waals surface area contributed by atoms with E-state index in [1.807, 2.05) is 0 Å². The van der Waals surface area contributed by atoms with E-state index in [1.54, 1.807) is 13.8 Å². The van der Waals surface area contributed by atoms with Gasteiger partial charge in [-0.2, -0.15) is 4.98 Å². The third-order valence-corrected chi connectivity index (χ3v) is 6.98. The molecular weight excluding hydrogens is 370 g/mol. The van der Waals surface area contributed by atoms with Crippen LogP contribution in [0.5, 0.6) is 0 Å². The molecule has 0 bridgehead atoms. The molecule has 1 aliphatic rings. The largest absolute Gasteiger partial charge is 0.481 e. The summed E-state index contributed by atoms with van der Waals surface area (Å²) in [6, 6.07) is 0. The molecule has 0 saturated heterocycles. The lowest BCUT2D eigenvalue weighted by Gasteiger charge is -2.21. The van der Waals surface area contributed by atoms with Crippen molar-refractivity contribution in [2.75, 3.05) is 0 Å². The highest BCUT2D eigenvalue weighted by Gasteiger charge is 2.24. The SMILES string of the molecule is CC(C)S(=O)(=O)NCc1noc(C(CCCC2CCCCC2)CC(=O)O)n1. The summed E-state index contributed by atoms with van der Waals surface area (Å²) in [5, 5.41) is 12.4. The summed E-state index contributed by atoms with van der Waals surface area (Å²) in [6.07, 6.45) is 9.10. The Morgan fingerprint density at radius 1 is 1.30 bits per heavy atom. The molecule has 1 saturated carbocycles. The van der Waals surface area contributed by atoms with Crippen molar-refractivity contribution in [3.63, 3.8) is 0 Å². The van der Waals surface area contributed by atoms with Crippen LogP contribution in [0.1, 0.15) is 89.3 Å². The second kappa shape index (κ2) is 10.2. The Bertz CT molecular complexity index is 696. The van der Waals surface area contributed by atoms with Crippen LogP contribution in [0.4, 0.5) is 0 Å². The van der Waals surface area contributed by atoms with Crippen LogP contribution in [0.15, 0.2) is 4.52 Å². The van der Waals surface area contributed by atoms with Crippen molar-refractivity contribution in [2.24, 2.45) is 5.92 Å². The summed E-state index contributed by atoms with van der Waals surface area (Å²) in [7, 11) is -3.42. The number of aliphatic carboxylic acids is 1. The first-order valence-electron chi connectivity index (χ1n) is 9.80. The van der Waals surface area contributed by atoms with E-state index in [0.29, 0.717) is 6.42 Å². The average Bonchev–Trinajstić information content (AvgIpc) is 3.09. The number of nitrogens with one attached hydrogen (secondary N) is 1. The van der Waals surface area contributed by atoms with Gasteiger partial charge in [-0.1, -0.05) is 50.1 Å². The van der Waals surface area contributed by atoms with Crippen LogP contribution in [0.2, 0.25) is 0 Å². The Morgan fingerprint density at radius 3 is 2.63 bits per heavy atom. The van der Waals surface area contributed by atoms with Gasteiger partial charge >= 0.3 is 5.97 Å². The molecule has 0 radical (unpaired) electrons. The topological polar surface area (TPSA) is 122 Å². The van der Waals surface area contributed by atoms with E-state index in [2.05, 4.69) is 14.9 Å². The van der Waals surface area contributed by atoms with E-state index in [1.165, 1.54) is 32.1 Å². The molecule has 27 heavy (non-hydrogen) atoms. The molecular formula is C18H31N3O5S. The van der Waals surface area contributed by atoms with E-state index >= 15 is 0 Å². The predicted octanol–water partition coefficient (Wildman–Crippen LogP) is 3.21. The quantitative estimate of drug-likeness (QED) is 0.583. The molecule has 1 heterocycles. The first-order valence-corrected chi connectivity index (χ1v) is 11.4. The highest BCUT2D eigenvalue weighted by Crippen LogP contribution is 2.31. The minimum absolute atomic E-state index is 0.0636. The maximum absolute atomic E-state index is 11.8. The molecule has 2 N–H and O–H groups in total. The Kier molecular flexibility index (Phi) is 8.22. The van der Waals surface area contributed by atoms with Crippen molar-refractivity contribution in [3.05, 3.63) is 11.7 Å². The van der Waals surface area contributed by atoms with Gasteiger partial charge in [0.1, 0.15) is 0 Å². The third kappa shape index (κ3) is 7.21. The van der Waals surface area contributed by atoms with Crippen LogP contribution in [-0.4, -0.2) is 34.9 Å². The number of aromatic nitrogens is 2. The van der Waals surface area contributed by atoms with Gasteiger partial charge in [-0.25, -0.2) is 13.1 Å². The molecule has 0 aliphatic heterocycles. The molecule has 1 aliphatic carbocycles. The fraction of sp³-hybridized carbons (Fsp3) is 0.833. The lowest BCUT2D eigenvalue weighted by Crippen LogP contribution is -2.30. The van der Waals surface area contributed by atoms with Crippen molar-refractivity contribution >= 4 is 16.0 Å². The lowest BCUT2D eigenvalue weighted by atomic mass is 9.84. The van der Waals surface area contributed by atoms with Gasteiger partial charge in [0, 0.05) is 5.92 Å². The van der Waals surface area contributed by atoms with Crippen LogP contribution in [0.3, 0.4) is 0 Å². The number of sulfonamides is 1. The van der Waals surface area contributed by atoms with Crippen LogP contribution < -0.4 is 4.72 Å². The van der Waals surface area contributed by atoms with Gasteiger partial charge in [-0.05, 0) is 26.2 Å². The number of rotatable bonds is 11. The van der Waals surface area contributed by atoms with E-state index in [9.17, 15) is 18.3 Å². The fourth-order valence-corrected chi connectivity index (χ4v) is 4.15. The average molecular weight is 402 g/mol. The van der Waals surface area contributed by atoms with Crippen LogP contribution in [0, 0.1) is 5.92 Å². The van der Waals surface area contributed by atoms with Crippen LogP contribution in [0.25, 0.3) is 0 Å². The predicted molar refractivity (Wildman–Crippen MR) is 101 cm³/mol. The van der Waals surface area contributed by atoms with E-state index < -0.39 is 21.2 Å². The molecule has 8 nitrogen and oxygen atoms in total. The standard InChI is InChI=1S/C18H31N3O5S/c1-13(2)27(24,25)19-12-16-20-18(26-21-16)15(11-17(22)23)10-6-9-14-7-4-3-5-8-14/h13-15,19H,3-12H2,1-2H3,(H,22,23). The molecule has 1 unspecified atom stereocenters. The normalized spacial score (nSPS) is 17.3. The Morgan fingerprint density at radius 2 is 2.00 bits per heavy atom. The maximum atomic E-state index is 11.8. The van der Waals surface area contributed by atoms with Crippen molar-refractivity contribution in [1.82, 2.24) is 14.9 Å². The molecule has 0 spiro atoms. The molecule has 0 aromatic carbocycles. The number of hydrogen-bond acceptors (Lipinski definition) is 6. The van der Waals surface area contributed by atoms with Gasteiger partial charge in [-0.15, -0.1) is 0 Å². The summed E-state index contributed by atoms with van der Waals surface area (Å²) in [6.45, 7) is 3.10. The summed E-state index contributed by atoms with van der Waals surface area (Å²) in [4.78, 5) is 15.4. The molecule has 2 rings (SSSR count). The Labute approximate surface area is 161 Å². The summed E-state index contributed by atoms with van der Waals surface area (Å²) in [5.41, 5.74) is 0. The third-order valence-electron chi connectivity index (χ3n) is 5.20. The smallest absolute Gasteiger partial charge is 0.304 e. The van der Waals surface area contributed by atoms with Gasteiger partial charge in [0.15, 0.2) is 5.82 Å². The fourth-order valence-electron chi connectivity index (χ4n) is 3.49. The molecule has 9 heteroatoms. The zero-order valence-corrected chi connectivity index (χ0v) is 17.0. The first-order chi connectivity index (χ1) is 12.8. The minimum Gasteiger partial charge on any atom is -0.481 e. The second-order valence-electron chi connectivity index (χ2n) is 7.69. The van der Waals surface area contributed by atoms with Crippen molar-refractivity contribution in [1.29, 1.82) is 0 Å². The van der Waals surface area contributed by atoms with Gasteiger partial charge < -0.3 is 9.63 Å². The van der Waals surface area contributed by atoms with E-state index in [0.717, 1.165) is 18.8 Å².